The molecule has 1 fully saturated rings. The molecule has 2 aromatic rings. The number of hydrogen-bond acceptors (Lipinski definition) is 8. The molecule has 1 aliphatic carbocycles. The van der Waals surface area contributed by atoms with Gasteiger partial charge in [-0.3, -0.25) is 4.79 Å². The van der Waals surface area contributed by atoms with Gasteiger partial charge in [0, 0.05) is 48.3 Å². The minimum Gasteiger partial charge on any atom is -0.381 e. The minimum absolute atomic E-state index is 0.0118. The number of carbonyl (C=O) groups is 1. The molecular formula is C22H21ClN8O3S. The van der Waals surface area contributed by atoms with Crippen LogP contribution in [0.2, 0.25) is 0 Å². The monoisotopic (exact) mass is 512 g/mol. The summed E-state index contributed by atoms with van der Waals surface area (Å²) in [7, 11) is -3.18. The van der Waals surface area contributed by atoms with E-state index in [-0.39, 0.29) is 36.0 Å². The number of rotatable bonds is 4. The largest absolute Gasteiger partial charge is 0.381 e. The number of nitrogens with two attached hydrogens (primary N) is 1. The standard InChI is InChI=1S/C22H21ClN8O3S/c1-12-11-30(6-7-35(12,33)34)18-13(8-15(23)16-14(18)10-27-20(16)25-2)9-28-22(32)17-19(24)29-31-5-3-4-26-21(17)31/h3-5,8,10,12,14H,6-7,9,11H2,1H3,(H2,24,29)(H,28,32). The lowest BCUT2D eigenvalue weighted by atomic mass is 9.87. The van der Waals surface area contributed by atoms with E-state index in [1.807, 2.05) is 4.90 Å². The summed E-state index contributed by atoms with van der Waals surface area (Å²) in [5.41, 5.74) is 8.53. The first-order valence-corrected chi connectivity index (χ1v) is 12.9. The molecule has 3 N–H and O–H groups in total. The van der Waals surface area contributed by atoms with Crippen molar-refractivity contribution < 1.29 is 13.2 Å². The molecule has 2 atom stereocenters. The molecule has 0 bridgehead atoms. The van der Waals surface area contributed by atoms with Gasteiger partial charge in [-0.15, -0.1) is 10.1 Å². The Balaban J connectivity index is 1.50. The summed E-state index contributed by atoms with van der Waals surface area (Å²) < 4.78 is 26.1. The summed E-state index contributed by atoms with van der Waals surface area (Å²) in [4.78, 5) is 27.0. The van der Waals surface area contributed by atoms with E-state index in [9.17, 15) is 13.2 Å². The van der Waals surface area contributed by atoms with E-state index in [4.69, 9.17) is 23.9 Å². The molecule has 0 radical (unpaired) electrons. The molecule has 11 nitrogen and oxygen atoms in total. The summed E-state index contributed by atoms with van der Waals surface area (Å²) in [5.74, 6) is -0.583. The third kappa shape index (κ3) is 3.86. The van der Waals surface area contributed by atoms with Crippen molar-refractivity contribution in [3.8, 4) is 0 Å². The van der Waals surface area contributed by atoms with Crippen LogP contribution in [0.4, 0.5) is 5.82 Å². The highest BCUT2D eigenvalue weighted by molar-refractivity contribution is 7.92. The number of fused-ring (bicyclic) bond motifs is 2. The Bertz CT molecular complexity index is 1530. The first kappa shape index (κ1) is 23.1. The lowest BCUT2D eigenvalue weighted by Gasteiger charge is -2.39. The van der Waals surface area contributed by atoms with Gasteiger partial charge in [-0.2, -0.15) is 0 Å². The number of amides is 1. The number of nitrogen functional groups attached to an aromatic ring is 1. The maximum Gasteiger partial charge on any atom is 0.275 e. The highest BCUT2D eigenvalue weighted by atomic mass is 35.5. The van der Waals surface area contributed by atoms with Crippen LogP contribution in [-0.4, -0.2) is 70.7 Å². The Labute approximate surface area is 206 Å². The molecule has 0 spiro atoms. The van der Waals surface area contributed by atoms with Crippen LogP contribution in [0, 0.1) is 12.5 Å². The van der Waals surface area contributed by atoms with Gasteiger partial charge in [-0.25, -0.2) is 17.9 Å². The summed E-state index contributed by atoms with van der Waals surface area (Å²) >= 11 is 6.56. The number of carbonyl (C=O) groups excluding carboxylic acids is 1. The Morgan fingerprint density at radius 3 is 2.97 bits per heavy atom. The second-order valence-electron chi connectivity index (χ2n) is 8.46. The number of aromatic nitrogens is 3. The van der Waals surface area contributed by atoms with Crippen LogP contribution in [-0.2, 0) is 9.84 Å². The fraction of sp³-hybridized carbons (Fsp3) is 0.318. The Morgan fingerprint density at radius 2 is 2.23 bits per heavy atom. The fourth-order valence-electron chi connectivity index (χ4n) is 4.58. The van der Waals surface area contributed by atoms with Gasteiger partial charge in [0.1, 0.15) is 11.8 Å². The Kier molecular flexibility index (Phi) is 5.61. The van der Waals surface area contributed by atoms with Crippen LogP contribution in [0.5, 0.6) is 0 Å². The predicted molar refractivity (Wildman–Crippen MR) is 131 cm³/mol. The van der Waals surface area contributed by atoms with Crippen LogP contribution in [0.3, 0.4) is 0 Å². The molecule has 2 aliphatic heterocycles. The zero-order chi connectivity index (χ0) is 24.9. The topological polar surface area (TPSA) is 139 Å². The fourth-order valence-corrected chi connectivity index (χ4v) is 6.20. The van der Waals surface area contributed by atoms with Gasteiger partial charge in [-0.05, 0) is 24.6 Å². The van der Waals surface area contributed by atoms with Crippen LogP contribution in [0.1, 0.15) is 17.3 Å². The van der Waals surface area contributed by atoms with Crippen molar-refractivity contribution in [2.75, 3.05) is 31.1 Å². The number of anilines is 1. The predicted octanol–water partition coefficient (Wildman–Crippen LogP) is 1.38. The van der Waals surface area contributed by atoms with Crippen molar-refractivity contribution in [3.05, 3.63) is 69.2 Å². The van der Waals surface area contributed by atoms with Crippen LogP contribution >= 0.6 is 11.6 Å². The SMILES string of the molecule is [C-]#[N+]C1=C2C(Cl)=CC(CNC(=O)c3c(N)nn4cccnc34)=C(N3CCS(=O)(=O)C(C)C3)C2C=N1. The number of nitrogens with zero attached hydrogens (tertiary/aromatic N) is 6. The molecular weight excluding hydrogens is 492 g/mol. The van der Waals surface area contributed by atoms with Crippen LogP contribution in [0.25, 0.3) is 10.5 Å². The van der Waals surface area contributed by atoms with Crippen molar-refractivity contribution in [1.82, 2.24) is 24.8 Å². The highest BCUT2D eigenvalue weighted by Crippen LogP contribution is 2.42. The summed E-state index contributed by atoms with van der Waals surface area (Å²) in [6, 6.07) is 1.68. The van der Waals surface area contributed by atoms with Crippen LogP contribution in [0.15, 0.2) is 57.2 Å². The van der Waals surface area contributed by atoms with Crippen LogP contribution < -0.4 is 11.1 Å². The molecule has 1 amide bonds. The van der Waals surface area contributed by atoms with Gasteiger partial charge in [-0.1, -0.05) is 18.2 Å². The quantitative estimate of drug-likeness (QED) is 0.590. The number of halogens is 1. The smallest absolute Gasteiger partial charge is 0.275 e. The van der Waals surface area contributed by atoms with E-state index in [0.29, 0.717) is 28.4 Å². The first-order chi connectivity index (χ1) is 16.7. The zero-order valence-electron chi connectivity index (χ0n) is 18.6. The maximum atomic E-state index is 13.1. The summed E-state index contributed by atoms with van der Waals surface area (Å²) in [6.45, 7) is 9.79. The average Bonchev–Trinajstić information content (AvgIpc) is 3.40. The molecule has 0 aromatic carbocycles. The first-order valence-electron chi connectivity index (χ1n) is 10.8. The van der Waals surface area contributed by atoms with Gasteiger partial charge in [0.15, 0.2) is 21.3 Å². The van der Waals surface area contributed by atoms with Gasteiger partial charge < -0.3 is 20.8 Å². The molecule has 5 rings (SSSR count). The van der Waals surface area contributed by atoms with E-state index in [2.05, 4.69) is 25.2 Å². The van der Waals surface area contributed by atoms with Crippen molar-refractivity contribution in [2.24, 2.45) is 10.9 Å². The van der Waals surface area contributed by atoms with E-state index in [1.165, 1.54) is 4.52 Å². The van der Waals surface area contributed by atoms with E-state index >= 15 is 0 Å². The summed E-state index contributed by atoms with van der Waals surface area (Å²) in [5, 5.41) is 6.80. The third-order valence-corrected chi connectivity index (χ3v) is 8.79. The molecule has 0 saturated carbocycles. The molecule has 2 aromatic heterocycles. The number of aliphatic imine (C=N–C) groups is 1. The second-order valence-corrected chi connectivity index (χ2v) is 11.4. The normalized spacial score (nSPS) is 23.3. The molecule has 3 aliphatic rings. The number of nitrogens with one attached hydrogen (secondary N) is 1. The molecule has 4 heterocycles. The van der Waals surface area contributed by atoms with E-state index < -0.39 is 26.9 Å². The van der Waals surface area contributed by atoms with Gasteiger partial charge in [0.2, 0.25) is 0 Å². The van der Waals surface area contributed by atoms with Crippen molar-refractivity contribution in [3.63, 3.8) is 0 Å². The molecule has 1 saturated heterocycles. The number of sulfone groups is 1. The molecule has 2 unspecified atom stereocenters. The molecule has 13 heteroatoms. The average molecular weight is 513 g/mol. The maximum absolute atomic E-state index is 13.1. The third-order valence-electron chi connectivity index (χ3n) is 6.35. The minimum atomic E-state index is -3.18. The van der Waals surface area contributed by atoms with Gasteiger partial charge >= 0.3 is 0 Å². The van der Waals surface area contributed by atoms with Crippen molar-refractivity contribution in [2.45, 2.75) is 12.2 Å². The molecule has 180 valence electrons. The summed E-state index contributed by atoms with van der Waals surface area (Å²) in [6.07, 6.45) is 6.55. The number of hydrogen-bond donors (Lipinski definition) is 2. The lowest BCUT2D eigenvalue weighted by Crippen LogP contribution is -2.47. The molecule has 35 heavy (non-hydrogen) atoms. The Morgan fingerprint density at radius 1 is 1.43 bits per heavy atom. The van der Waals surface area contributed by atoms with Crippen molar-refractivity contribution >= 4 is 45.0 Å². The highest BCUT2D eigenvalue weighted by Gasteiger charge is 2.40. The van der Waals surface area contributed by atoms with Gasteiger partial charge in [0.05, 0.1) is 16.9 Å². The second kappa shape index (κ2) is 8.51. The lowest BCUT2D eigenvalue weighted by molar-refractivity contribution is 0.0959. The Hall–Kier alpha value is -3.69. The van der Waals surface area contributed by atoms with E-state index in [1.54, 1.807) is 37.7 Å². The van der Waals surface area contributed by atoms with E-state index in [0.717, 1.165) is 5.70 Å². The number of allylic oxidation sites excluding steroid dienone is 2. The van der Waals surface area contributed by atoms with Gasteiger partial charge in [0.25, 0.3) is 11.7 Å². The van der Waals surface area contributed by atoms with Crippen molar-refractivity contribution in [1.29, 1.82) is 0 Å². The zero-order valence-corrected chi connectivity index (χ0v) is 20.2.